The zero-order valence-electron chi connectivity index (χ0n) is 13.8. The van der Waals surface area contributed by atoms with Crippen molar-refractivity contribution in [2.45, 2.75) is 13.0 Å². The fraction of sp³-hybridized carbons (Fsp3) is 0.235. The van der Waals surface area contributed by atoms with E-state index in [1.165, 1.54) is 6.33 Å². The third kappa shape index (κ3) is 3.33. The second-order valence-electron chi connectivity index (χ2n) is 6.03. The summed E-state index contributed by atoms with van der Waals surface area (Å²) in [5, 5.41) is 2.18. The molecule has 0 amide bonds. The smallest absolute Gasteiger partial charge is 0.205 e. The molecule has 0 saturated carbocycles. The van der Waals surface area contributed by atoms with E-state index in [2.05, 4.69) is 29.8 Å². The Bertz CT molecular complexity index is 1020. The van der Waals surface area contributed by atoms with Crippen molar-refractivity contribution in [3.8, 4) is 0 Å². The fourth-order valence-corrected chi connectivity index (χ4v) is 3.50. The van der Waals surface area contributed by atoms with Crippen LogP contribution in [0.4, 0.5) is 5.95 Å². The molecule has 0 unspecified atom stereocenters. The van der Waals surface area contributed by atoms with E-state index in [1.54, 1.807) is 12.3 Å². The standard InChI is InChI=1S/C17H17Cl2N7/c18-10-4-13(19)12-6-11(23-14(12)5-10)8-26(3-1-2-20)17-24-15-7-21-9-22-16(15)25-17/h4-7,9,23H,1-3,8,20H2,(H,21,22,24,25). The van der Waals surface area contributed by atoms with Gasteiger partial charge in [-0.05, 0) is 31.2 Å². The van der Waals surface area contributed by atoms with E-state index in [-0.39, 0.29) is 0 Å². The molecule has 3 heterocycles. The normalized spacial score (nSPS) is 11.5. The molecule has 0 aliphatic heterocycles. The number of imidazole rings is 1. The van der Waals surface area contributed by atoms with Crippen LogP contribution < -0.4 is 10.6 Å². The van der Waals surface area contributed by atoms with Gasteiger partial charge in [-0.1, -0.05) is 23.2 Å². The largest absolute Gasteiger partial charge is 0.357 e. The van der Waals surface area contributed by atoms with Gasteiger partial charge < -0.3 is 20.6 Å². The number of anilines is 1. The molecular weight excluding hydrogens is 373 g/mol. The van der Waals surface area contributed by atoms with Crippen molar-refractivity contribution in [2.75, 3.05) is 18.0 Å². The number of nitrogens with zero attached hydrogens (tertiary/aromatic N) is 4. The van der Waals surface area contributed by atoms with Gasteiger partial charge in [0.15, 0.2) is 5.65 Å². The first-order chi connectivity index (χ1) is 12.6. The SMILES string of the molecule is NCCCN(Cc1cc2c(Cl)cc(Cl)cc2[nH]1)c1nc2ncncc2[nH]1. The van der Waals surface area contributed by atoms with Crippen LogP contribution in [0.5, 0.6) is 0 Å². The highest BCUT2D eigenvalue weighted by molar-refractivity contribution is 6.38. The van der Waals surface area contributed by atoms with Gasteiger partial charge in [0.25, 0.3) is 0 Å². The molecule has 7 nitrogen and oxygen atoms in total. The molecule has 0 aliphatic rings. The predicted molar refractivity (Wildman–Crippen MR) is 105 cm³/mol. The molecule has 0 fully saturated rings. The average Bonchev–Trinajstić information content (AvgIpc) is 3.22. The van der Waals surface area contributed by atoms with Crippen LogP contribution in [0.3, 0.4) is 0 Å². The molecule has 1 aromatic carbocycles. The second kappa shape index (κ2) is 7.11. The van der Waals surface area contributed by atoms with Gasteiger partial charge in [0.1, 0.15) is 11.8 Å². The van der Waals surface area contributed by atoms with Gasteiger partial charge in [0.2, 0.25) is 5.95 Å². The van der Waals surface area contributed by atoms with E-state index in [0.717, 1.165) is 41.0 Å². The number of H-pyrrole nitrogens is 2. The number of aromatic amines is 2. The number of hydrogen-bond acceptors (Lipinski definition) is 5. The zero-order chi connectivity index (χ0) is 18.1. The Kier molecular flexibility index (Phi) is 4.67. The number of benzene rings is 1. The summed E-state index contributed by atoms with van der Waals surface area (Å²) in [6.45, 7) is 1.98. The summed E-state index contributed by atoms with van der Waals surface area (Å²) in [7, 11) is 0. The summed E-state index contributed by atoms with van der Waals surface area (Å²) >= 11 is 12.4. The molecule has 0 bridgehead atoms. The van der Waals surface area contributed by atoms with E-state index in [4.69, 9.17) is 28.9 Å². The maximum Gasteiger partial charge on any atom is 0.205 e. The molecule has 0 atom stereocenters. The number of hydrogen-bond donors (Lipinski definition) is 3. The van der Waals surface area contributed by atoms with Crippen LogP contribution >= 0.6 is 23.2 Å². The highest BCUT2D eigenvalue weighted by atomic mass is 35.5. The molecule has 26 heavy (non-hydrogen) atoms. The molecule has 4 rings (SSSR count). The second-order valence-corrected chi connectivity index (χ2v) is 6.87. The van der Waals surface area contributed by atoms with Gasteiger partial charge in [-0.25, -0.2) is 9.97 Å². The summed E-state index contributed by atoms with van der Waals surface area (Å²) in [6.07, 6.45) is 4.04. The number of halogens is 2. The van der Waals surface area contributed by atoms with Gasteiger partial charge >= 0.3 is 0 Å². The molecule has 3 aromatic heterocycles. The first-order valence-corrected chi connectivity index (χ1v) is 8.97. The topological polar surface area (TPSA) is 99.5 Å². The lowest BCUT2D eigenvalue weighted by molar-refractivity contribution is 0.713. The molecule has 134 valence electrons. The third-order valence-electron chi connectivity index (χ3n) is 4.15. The van der Waals surface area contributed by atoms with Crippen LogP contribution in [0.25, 0.3) is 22.1 Å². The minimum absolute atomic E-state index is 0.602. The van der Waals surface area contributed by atoms with Crippen molar-refractivity contribution in [3.63, 3.8) is 0 Å². The van der Waals surface area contributed by atoms with Crippen LogP contribution in [0.15, 0.2) is 30.7 Å². The highest BCUT2D eigenvalue weighted by Crippen LogP contribution is 2.29. The monoisotopic (exact) mass is 389 g/mol. The molecule has 4 aromatic rings. The minimum Gasteiger partial charge on any atom is -0.357 e. The summed E-state index contributed by atoms with van der Waals surface area (Å²) in [6, 6.07) is 5.65. The molecule has 0 saturated heterocycles. The van der Waals surface area contributed by atoms with Crippen LogP contribution in [-0.4, -0.2) is 38.0 Å². The predicted octanol–water partition coefficient (Wildman–Crippen LogP) is 3.50. The molecule has 0 radical (unpaired) electrons. The van der Waals surface area contributed by atoms with E-state index < -0.39 is 0 Å². The van der Waals surface area contributed by atoms with Crippen LogP contribution in [0.2, 0.25) is 10.0 Å². The highest BCUT2D eigenvalue weighted by Gasteiger charge is 2.15. The van der Waals surface area contributed by atoms with Gasteiger partial charge in [0, 0.05) is 28.2 Å². The maximum absolute atomic E-state index is 6.30. The Morgan fingerprint density at radius 3 is 2.81 bits per heavy atom. The quantitative estimate of drug-likeness (QED) is 0.468. The van der Waals surface area contributed by atoms with Crippen molar-refractivity contribution in [2.24, 2.45) is 5.73 Å². The number of aromatic nitrogens is 5. The Morgan fingerprint density at radius 1 is 1.12 bits per heavy atom. The zero-order valence-corrected chi connectivity index (χ0v) is 15.3. The first-order valence-electron chi connectivity index (χ1n) is 8.21. The maximum atomic E-state index is 6.30. The number of rotatable bonds is 6. The Hall–Kier alpha value is -2.35. The lowest BCUT2D eigenvalue weighted by Gasteiger charge is -2.20. The summed E-state index contributed by atoms with van der Waals surface area (Å²) < 4.78 is 0. The number of fused-ring (bicyclic) bond motifs is 2. The van der Waals surface area contributed by atoms with Crippen molar-refractivity contribution >= 4 is 51.2 Å². The van der Waals surface area contributed by atoms with Gasteiger partial charge in [-0.15, -0.1) is 0 Å². The van der Waals surface area contributed by atoms with E-state index >= 15 is 0 Å². The lowest BCUT2D eigenvalue weighted by atomic mass is 10.2. The summed E-state index contributed by atoms with van der Waals surface area (Å²) in [4.78, 5) is 21.5. The molecule has 9 heteroatoms. The molecule has 0 aliphatic carbocycles. The lowest BCUT2D eigenvalue weighted by Crippen LogP contribution is -2.26. The number of nitrogens with two attached hydrogens (primary N) is 1. The summed E-state index contributed by atoms with van der Waals surface area (Å²) in [5.41, 5.74) is 9.05. The van der Waals surface area contributed by atoms with Crippen molar-refractivity contribution < 1.29 is 0 Å². The molecular formula is C17H17Cl2N7. The van der Waals surface area contributed by atoms with Gasteiger partial charge in [0.05, 0.1) is 17.8 Å². The van der Waals surface area contributed by atoms with Gasteiger partial charge in [-0.3, -0.25) is 0 Å². The molecule has 4 N–H and O–H groups in total. The Morgan fingerprint density at radius 2 is 2.00 bits per heavy atom. The Labute approximate surface area is 159 Å². The van der Waals surface area contributed by atoms with Crippen LogP contribution in [0, 0.1) is 0 Å². The van der Waals surface area contributed by atoms with Crippen molar-refractivity contribution in [3.05, 3.63) is 46.5 Å². The Balaban J connectivity index is 1.67. The van der Waals surface area contributed by atoms with Crippen LogP contribution in [0.1, 0.15) is 12.1 Å². The van der Waals surface area contributed by atoms with E-state index in [1.807, 2.05) is 12.1 Å². The molecule has 0 spiro atoms. The van der Waals surface area contributed by atoms with Crippen molar-refractivity contribution in [1.29, 1.82) is 0 Å². The van der Waals surface area contributed by atoms with Crippen LogP contribution in [-0.2, 0) is 6.54 Å². The minimum atomic E-state index is 0.602. The van der Waals surface area contributed by atoms with E-state index in [9.17, 15) is 0 Å². The van der Waals surface area contributed by atoms with Gasteiger partial charge in [-0.2, -0.15) is 4.98 Å². The first kappa shape index (κ1) is 17.1. The van der Waals surface area contributed by atoms with E-state index in [0.29, 0.717) is 28.8 Å². The summed E-state index contributed by atoms with van der Waals surface area (Å²) in [5.74, 6) is 0.733. The third-order valence-corrected chi connectivity index (χ3v) is 4.68. The average molecular weight is 390 g/mol. The number of nitrogens with one attached hydrogen (secondary N) is 2. The van der Waals surface area contributed by atoms with Crippen molar-refractivity contribution in [1.82, 2.24) is 24.9 Å². The fourth-order valence-electron chi connectivity index (χ4n) is 2.95.